The Hall–Kier alpha value is -7.35. The largest absolute Gasteiger partial charge is 0.456 e. The molecule has 0 aliphatic heterocycles. The third-order valence-electron chi connectivity index (χ3n) is 9.89. The molecule has 56 heavy (non-hydrogen) atoms. The van der Waals surface area contributed by atoms with Crippen LogP contribution in [0.2, 0.25) is 0 Å². The van der Waals surface area contributed by atoms with Crippen molar-refractivity contribution in [3.8, 4) is 56.7 Å². The zero-order valence-corrected chi connectivity index (χ0v) is 30.9. The summed E-state index contributed by atoms with van der Waals surface area (Å²) in [5.74, 6) is 2.45. The van der Waals surface area contributed by atoms with Crippen molar-refractivity contribution in [2.24, 2.45) is 0 Å². The van der Waals surface area contributed by atoms with Gasteiger partial charge in [-0.1, -0.05) is 141 Å². The smallest absolute Gasteiger partial charge is 0.164 e. The molecule has 4 aromatic heterocycles. The van der Waals surface area contributed by atoms with Crippen LogP contribution in [0.15, 0.2) is 181 Å². The van der Waals surface area contributed by atoms with Gasteiger partial charge in [0, 0.05) is 48.7 Å². The number of thiophene rings is 1. The van der Waals surface area contributed by atoms with Gasteiger partial charge >= 0.3 is 0 Å². The third kappa shape index (κ3) is 5.78. The second kappa shape index (κ2) is 13.8. The lowest BCUT2D eigenvalue weighted by Crippen LogP contribution is -2.00. The van der Waals surface area contributed by atoms with E-state index >= 15 is 0 Å². The van der Waals surface area contributed by atoms with Crippen molar-refractivity contribution in [2.75, 3.05) is 0 Å². The van der Waals surface area contributed by atoms with E-state index in [4.69, 9.17) is 29.3 Å². The molecule has 0 saturated carbocycles. The average molecular weight is 738 g/mol. The summed E-state index contributed by atoms with van der Waals surface area (Å²) in [6.45, 7) is 8.03. The van der Waals surface area contributed by atoms with Crippen LogP contribution in [-0.4, -0.2) is 24.9 Å². The van der Waals surface area contributed by atoms with Crippen molar-refractivity contribution >= 4 is 59.2 Å². The molecule has 0 amide bonds. The third-order valence-corrected chi connectivity index (χ3v) is 11.1. The van der Waals surface area contributed by atoms with Gasteiger partial charge in [0.05, 0.1) is 15.9 Å². The SMILES string of the molecule is C=C/C=C(\C=C)c1nc(-c2cccc(-c3cccc4oc5ccc(-c6nc(-c7ccccc7)nc(-c7ccccc7)n6)cc5c34)c2)nc2c1sc1ccccc12. The molecular weight excluding hydrogens is 707 g/mol. The number of hydrogen-bond acceptors (Lipinski definition) is 7. The second-order valence-corrected chi connectivity index (χ2v) is 14.4. The minimum atomic E-state index is 0.585. The molecule has 0 radical (unpaired) electrons. The van der Waals surface area contributed by atoms with Gasteiger partial charge in [0.15, 0.2) is 23.3 Å². The van der Waals surface area contributed by atoms with Crippen LogP contribution >= 0.6 is 11.3 Å². The number of rotatable bonds is 8. The van der Waals surface area contributed by atoms with Gasteiger partial charge in [0.2, 0.25) is 0 Å². The fourth-order valence-electron chi connectivity index (χ4n) is 7.26. The number of nitrogens with zero attached hydrogens (tertiary/aromatic N) is 5. The second-order valence-electron chi connectivity index (χ2n) is 13.3. The monoisotopic (exact) mass is 737 g/mol. The highest BCUT2D eigenvalue weighted by atomic mass is 32.1. The molecule has 0 unspecified atom stereocenters. The lowest BCUT2D eigenvalue weighted by atomic mass is 9.97. The van der Waals surface area contributed by atoms with Crippen LogP contribution < -0.4 is 0 Å². The van der Waals surface area contributed by atoms with Gasteiger partial charge in [-0.2, -0.15) is 0 Å². The minimum absolute atomic E-state index is 0.585. The summed E-state index contributed by atoms with van der Waals surface area (Å²) < 4.78 is 8.65. The molecule has 10 aromatic rings. The number of aromatic nitrogens is 5. The Morgan fingerprint density at radius 2 is 1.14 bits per heavy atom. The van der Waals surface area contributed by atoms with Crippen LogP contribution in [0.25, 0.3) is 104 Å². The van der Waals surface area contributed by atoms with Crippen molar-refractivity contribution in [3.05, 3.63) is 183 Å². The first-order valence-electron chi connectivity index (χ1n) is 18.2. The van der Waals surface area contributed by atoms with E-state index in [0.717, 1.165) is 86.9 Å². The maximum atomic E-state index is 6.46. The molecule has 0 aliphatic carbocycles. The van der Waals surface area contributed by atoms with Crippen LogP contribution in [0.1, 0.15) is 5.69 Å². The number of fused-ring (bicyclic) bond motifs is 6. The van der Waals surface area contributed by atoms with Crippen molar-refractivity contribution in [2.45, 2.75) is 0 Å². The molecule has 0 atom stereocenters. The fraction of sp³-hybridized carbons (Fsp3) is 0. The van der Waals surface area contributed by atoms with E-state index in [-0.39, 0.29) is 0 Å². The van der Waals surface area contributed by atoms with Gasteiger partial charge in [0.1, 0.15) is 11.2 Å². The van der Waals surface area contributed by atoms with E-state index in [0.29, 0.717) is 23.3 Å². The first-order valence-corrected chi connectivity index (χ1v) is 19.0. The number of hydrogen-bond donors (Lipinski definition) is 0. The molecule has 0 aliphatic rings. The number of furan rings is 1. The summed E-state index contributed by atoms with van der Waals surface area (Å²) in [5, 5.41) is 3.08. The van der Waals surface area contributed by atoms with E-state index in [9.17, 15) is 0 Å². The van der Waals surface area contributed by atoms with Crippen LogP contribution in [0.3, 0.4) is 0 Å². The molecule has 10 rings (SSSR count). The molecule has 7 heteroatoms. The highest BCUT2D eigenvalue weighted by molar-refractivity contribution is 7.26. The summed E-state index contributed by atoms with van der Waals surface area (Å²) in [5.41, 5.74) is 9.89. The summed E-state index contributed by atoms with van der Waals surface area (Å²) >= 11 is 1.69. The van der Waals surface area contributed by atoms with Crippen LogP contribution in [0, 0.1) is 0 Å². The Bertz CT molecular complexity index is 3120. The average Bonchev–Trinajstić information content (AvgIpc) is 3.84. The lowest BCUT2D eigenvalue weighted by molar-refractivity contribution is 0.669. The van der Waals surface area contributed by atoms with E-state index < -0.39 is 0 Å². The Labute approximate surface area is 326 Å². The molecular formula is C49H31N5OS. The normalized spacial score (nSPS) is 11.8. The Morgan fingerprint density at radius 3 is 1.88 bits per heavy atom. The van der Waals surface area contributed by atoms with Crippen LogP contribution in [0.5, 0.6) is 0 Å². The molecule has 0 spiro atoms. The molecule has 0 fully saturated rings. The molecule has 6 aromatic carbocycles. The Morgan fingerprint density at radius 1 is 0.518 bits per heavy atom. The highest BCUT2D eigenvalue weighted by Gasteiger charge is 2.19. The van der Waals surface area contributed by atoms with E-state index in [2.05, 4.69) is 73.8 Å². The number of benzene rings is 6. The molecule has 0 N–H and O–H groups in total. The Balaban J connectivity index is 1.13. The summed E-state index contributed by atoms with van der Waals surface area (Å²) in [4.78, 5) is 25.2. The lowest BCUT2D eigenvalue weighted by Gasteiger charge is -2.10. The van der Waals surface area contributed by atoms with Gasteiger partial charge in [-0.15, -0.1) is 11.3 Å². The van der Waals surface area contributed by atoms with E-state index in [1.54, 1.807) is 17.4 Å². The molecule has 0 bridgehead atoms. The van der Waals surface area contributed by atoms with Crippen LogP contribution in [0.4, 0.5) is 0 Å². The quantitative estimate of drug-likeness (QED) is 0.145. The van der Waals surface area contributed by atoms with Gasteiger partial charge in [-0.05, 0) is 47.5 Å². The van der Waals surface area contributed by atoms with Crippen molar-refractivity contribution < 1.29 is 4.42 Å². The maximum absolute atomic E-state index is 6.46. The summed E-state index contributed by atoms with van der Waals surface area (Å²) in [7, 11) is 0. The maximum Gasteiger partial charge on any atom is 0.164 e. The zero-order chi connectivity index (χ0) is 37.6. The molecule has 0 saturated heterocycles. The van der Waals surface area contributed by atoms with Gasteiger partial charge in [0.25, 0.3) is 0 Å². The van der Waals surface area contributed by atoms with E-state index in [1.807, 2.05) is 97.1 Å². The summed E-state index contributed by atoms with van der Waals surface area (Å²) in [6, 6.07) is 49.1. The zero-order valence-electron chi connectivity index (χ0n) is 30.1. The molecule has 4 heterocycles. The topological polar surface area (TPSA) is 77.6 Å². The standard InChI is InChI=1S/C49H31N5OS/c1-3-15-30(4-2)43-45-44(37-22-11-12-25-41(37)56-45)51-48(50-43)34-21-13-20-33(28-34)36-23-14-24-40-42(36)38-29-35(26-27-39(38)55-40)49-53-46(31-16-7-5-8-17-31)52-47(54-49)32-18-9-6-10-19-32/h3-29H,1-2H2/b30-15+. The van der Waals surface area contributed by atoms with Gasteiger partial charge < -0.3 is 4.42 Å². The van der Waals surface area contributed by atoms with Gasteiger partial charge in [-0.25, -0.2) is 24.9 Å². The summed E-state index contributed by atoms with van der Waals surface area (Å²) in [6.07, 6.45) is 5.54. The fourth-order valence-corrected chi connectivity index (χ4v) is 8.41. The number of allylic oxidation sites excluding steroid dienone is 4. The Kier molecular flexibility index (Phi) is 8.20. The highest BCUT2D eigenvalue weighted by Crippen LogP contribution is 2.41. The molecule has 6 nitrogen and oxygen atoms in total. The first-order chi connectivity index (χ1) is 27.6. The minimum Gasteiger partial charge on any atom is -0.456 e. The predicted octanol–water partition coefficient (Wildman–Crippen LogP) is 13.0. The van der Waals surface area contributed by atoms with E-state index in [1.165, 1.54) is 0 Å². The first kappa shape index (κ1) is 33.2. The van der Waals surface area contributed by atoms with Crippen LogP contribution in [-0.2, 0) is 0 Å². The van der Waals surface area contributed by atoms with Crippen molar-refractivity contribution in [1.82, 2.24) is 24.9 Å². The van der Waals surface area contributed by atoms with Gasteiger partial charge in [-0.3, -0.25) is 0 Å². The predicted molar refractivity (Wildman–Crippen MR) is 231 cm³/mol. The van der Waals surface area contributed by atoms with Crippen molar-refractivity contribution in [3.63, 3.8) is 0 Å². The molecule has 264 valence electrons. The van der Waals surface area contributed by atoms with Crippen molar-refractivity contribution in [1.29, 1.82) is 0 Å².